The SMILES string of the molecule is C/C(=N\C(=C(/C)c1ccccc1)c1ccccc1)SN. The van der Waals surface area contributed by atoms with Crippen LogP contribution in [0.15, 0.2) is 65.7 Å². The highest BCUT2D eigenvalue weighted by Crippen LogP contribution is 2.27. The molecule has 2 aromatic carbocycles. The summed E-state index contributed by atoms with van der Waals surface area (Å²) in [4.78, 5) is 4.68. The third-order valence-corrected chi connectivity index (χ3v) is 3.48. The Morgan fingerprint density at radius 1 is 0.850 bits per heavy atom. The van der Waals surface area contributed by atoms with Crippen LogP contribution in [0.1, 0.15) is 25.0 Å². The zero-order valence-electron chi connectivity index (χ0n) is 11.7. The molecule has 2 nitrogen and oxygen atoms in total. The first kappa shape index (κ1) is 14.6. The number of benzene rings is 2. The number of allylic oxidation sites excluding steroid dienone is 1. The van der Waals surface area contributed by atoms with E-state index < -0.39 is 0 Å². The minimum Gasteiger partial charge on any atom is -0.273 e. The van der Waals surface area contributed by atoms with E-state index in [-0.39, 0.29) is 0 Å². The highest BCUT2D eigenvalue weighted by Gasteiger charge is 2.07. The normalized spacial score (nSPS) is 13.1. The molecule has 20 heavy (non-hydrogen) atoms. The number of aliphatic imine (C=N–C) groups is 1. The number of rotatable bonds is 3. The molecule has 3 heteroatoms. The molecule has 0 aliphatic rings. The van der Waals surface area contributed by atoms with Crippen LogP contribution in [0.5, 0.6) is 0 Å². The van der Waals surface area contributed by atoms with E-state index in [9.17, 15) is 0 Å². The minimum absolute atomic E-state index is 0.846. The van der Waals surface area contributed by atoms with Gasteiger partial charge >= 0.3 is 0 Å². The topological polar surface area (TPSA) is 38.4 Å². The van der Waals surface area contributed by atoms with Crippen LogP contribution in [-0.2, 0) is 0 Å². The van der Waals surface area contributed by atoms with Gasteiger partial charge < -0.3 is 0 Å². The molecule has 0 amide bonds. The van der Waals surface area contributed by atoms with Crippen LogP contribution >= 0.6 is 11.9 Å². The fraction of sp³-hybridized carbons (Fsp3) is 0.118. The van der Waals surface area contributed by atoms with Crippen molar-refractivity contribution in [1.29, 1.82) is 0 Å². The number of hydrogen-bond donors (Lipinski definition) is 1. The molecule has 2 rings (SSSR count). The van der Waals surface area contributed by atoms with Crippen LogP contribution in [0.25, 0.3) is 11.3 Å². The second-order valence-corrected chi connectivity index (χ2v) is 5.28. The average molecular weight is 282 g/mol. The molecule has 0 aliphatic carbocycles. The molecule has 0 aromatic heterocycles. The summed E-state index contributed by atoms with van der Waals surface area (Å²) in [5, 5.41) is 6.45. The highest BCUT2D eigenvalue weighted by molar-refractivity contribution is 8.11. The van der Waals surface area contributed by atoms with E-state index in [1.54, 1.807) is 0 Å². The monoisotopic (exact) mass is 282 g/mol. The zero-order chi connectivity index (χ0) is 14.4. The molecule has 0 spiro atoms. The van der Waals surface area contributed by atoms with Gasteiger partial charge in [-0.1, -0.05) is 60.7 Å². The smallest absolute Gasteiger partial charge is 0.0856 e. The van der Waals surface area contributed by atoms with Crippen molar-refractivity contribution < 1.29 is 0 Å². The van der Waals surface area contributed by atoms with Crippen LogP contribution in [0.4, 0.5) is 0 Å². The van der Waals surface area contributed by atoms with Gasteiger partial charge in [-0.3, -0.25) is 5.14 Å². The summed E-state index contributed by atoms with van der Waals surface area (Å²) in [6.07, 6.45) is 0. The molecule has 0 aliphatic heterocycles. The van der Waals surface area contributed by atoms with Gasteiger partial charge in [-0.25, -0.2) is 4.99 Å². The lowest BCUT2D eigenvalue weighted by Crippen LogP contribution is -1.94. The average Bonchev–Trinajstić information content (AvgIpc) is 2.53. The summed E-state index contributed by atoms with van der Waals surface area (Å²) in [6, 6.07) is 20.5. The van der Waals surface area contributed by atoms with Crippen molar-refractivity contribution in [2.75, 3.05) is 0 Å². The molecule has 2 aromatic rings. The van der Waals surface area contributed by atoms with Crippen LogP contribution in [0.2, 0.25) is 0 Å². The van der Waals surface area contributed by atoms with Gasteiger partial charge in [0.2, 0.25) is 0 Å². The van der Waals surface area contributed by atoms with Gasteiger partial charge in [-0.2, -0.15) is 0 Å². The molecule has 0 radical (unpaired) electrons. The predicted molar refractivity (Wildman–Crippen MR) is 90.3 cm³/mol. The zero-order valence-corrected chi connectivity index (χ0v) is 12.5. The van der Waals surface area contributed by atoms with Crippen LogP contribution in [0, 0.1) is 0 Å². The molecular formula is C17H18N2S. The van der Waals surface area contributed by atoms with Gasteiger partial charge in [0, 0.05) is 5.56 Å². The second-order valence-electron chi connectivity index (χ2n) is 4.45. The van der Waals surface area contributed by atoms with E-state index in [0.717, 1.165) is 21.9 Å². The Morgan fingerprint density at radius 3 is 1.85 bits per heavy atom. The molecule has 0 heterocycles. The summed E-state index contributed by atoms with van der Waals surface area (Å²) in [6.45, 7) is 4.02. The summed E-state index contributed by atoms with van der Waals surface area (Å²) < 4.78 is 0. The van der Waals surface area contributed by atoms with E-state index in [0.29, 0.717) is 0 Å². The van der Waals surface area contributed by atoms with E-state index >= 15 is 0 Å². The maximum Gasteiger partial charge on any atom is 0.0856 e. The van der Waals surface area contributed by atoms with Crippen molar-refractivity contribution in [3.63, 3.8) is 0 Å². The lowest BCUT2D eigenvalue weighted by atomic mass is 10.0. The van der Waals surface area contributed by atoms with E-state index in [1.165, 1.54) is 17.5 Å². The second kappa shape index (κ2) is 7.08. The van der Waals surface area contributed by atoms with Crippen molar-refractivity contribution >= 4 is 28.3 Å². The van der Waals surface area contributed by atoms with Gasteiger partial charge in [0.1, 0.15) is 0 Å². The van der Waals surface area contributed by atoms with Crippen LogP contribution in [-0.4, -0.2) is 5.04 Å². The summed E-state index contributed by atoms with van der Waals surface area (Å²) >= 11 is 1.18. The first-order valence-electron chi connectivity index (χ1n) is 6.46. The third kappa shape index (κ3) is 3.59. The summed E-state index contributed by atoms with van der Waals surface area (Å²) in [7, 11) is 0. The molecule has 102 valence electrons. The Labute approximate surface area is 124 Å². The molecule has 0 unspecified atom stereocenters. The quantitative estimate of drug-likeness (QED) is 0.387. The van der Waals surface area contributed by atoms with Crippen LogP contribution in [0.3, 0.4) is 0 Å². The van der Waals surface area contributed by atoms with Gasteiger partial charge in [-0.05, 0) is 36.9 Å². The summed E-state index contributed by atoms with van der Waals surface area (Å²) in [5.41, 5.74) is 4.38. The first-order valence-corrected chi connectivity index (χ1v) is 7.34. The molecule has 2 N–H and O–H groups in total. The lowest BCUT2D eigenvalue weighted by Gasteiger charge is -2.10. The fourth-order valence-electron chi connectivity index (χ4n) is 1.97. The fourth-order valence-corrected chi connectivity index (χ4v) is 2.11. The molecule has 0 atom stereocenters. The molecular weight excluding hydrogens is 264 g/mol. The maximum absolute atomic E-state index is 5.60. The van der Waals surface area contributed by atoms with Gasteiger partial charge in [0.25, 0.3) is 0 Å². The van der Waals surface area contributed by atoms with Crippen molar-refractivity contribution in [3.05, 3.63) is 71.8 Å². The summed E-state index contributed by atoms with van der Waals surface area (Å²) in [5.74, 6) is 0. The van der Waals surface area contributed by atoms with Crippen molar-refractivity contribution in [1.82, 2.24) is 0 Å². The number of nitrogens with two attached hydrogens (primary N) is 1. The Bertz CT molecular complexity index is 616. The van der Waals surface area contributed by atoms with Crippen LogP contribution < -0.4 is 5.14 Å². The van der Waals surface area contributed by atoms with Gasteiger partial charge in [0.15, 0.2) is 0 Å². The molecule has 0 bridgehead atoms. The van der Waals surface area contributed by atoms with E-state index in [1.807, 2.05) is 43.3 Å². The van der Waals surface area contributed by atoms with Crippen molar-refractivity contribution in [2.45, 2.75) is 13.8 Å². The molecule has 0 saturated heterocycles. The molecule has 0 fully saturated rings. The van der Waals surface area contributed by atoms with Crippen molar-refractivity contribution in [3.8, 4) is 0 Å². The highest BCUT2D eigenvalue weighted by atomic mass is 32.2. The largest absolute Gasteiger partial charge is 0.273 e. The number of hydrogen-bond acceptors (Lipinski definition) is 3. The van der Waals surface area contributed by atoms with Crippen molar-refractivity contribution in [2.24, 2.45) is 10.1 Å². The minimum atomic E-state index is 0.846. The standard InChI is InChI=1S/C17H18N2S/c1-13(15-9-5-3-6-10-15)17(19-14(2)20-18)16-11-7-4-8-12-16/h3-12H,18H2,1-2H3/b17-13+,19-14+. The Hall–Kier alpha value is -1.84. The Morgan fingerprint density at radius 2 is 1.35 bits per heavy atom. The first-order chi connectivity index (χ1) is 9.72. The van der Waals surface area contributed by atoms with E-state index in [4.69, 9.17) is 5.14 Å². The Kier molecular flexibility index (Phi) is 5.16. The Balaban J connectivity index is 2.58. The third-order valence-electron chi connectivity index (χ3n) is 3.05. The van der Waals surface area contributed by atoms with Gasteiger partial charge in [-0.15, -0.1) is 0 Å². The van der Waals surface area contributed by atoms with Gasteiger partial charge in [0.05, 0.1) is 10.7 Å². The predicted octanol–water partition coefficient (Wildman–Crippen LogP) is 4.60. The van der Waals surface area contributed by atoms with E-state index in [2.05, 4.69) is 36.2 Å². The molecule has 0 saturated carbocycles. The maximum atomic E-state index is 5.60. The number of nitrogens with zero attached hydrogens (tertiary/aromatic N) is 1. The lowest BCUT2D eigenvalue weighted by molar-refractivity contribution is 1.47.